The summed E-state index contributed by atoms with van der Waals surface area (Å²) < 4.78 is 0. The van der Waals surface area contributed by atoms with Crippen LogP contribution in [-0.4, -0.2) is 17.0 Å². The maximum atomic E-state index is 10.7. The number of carbonyl (C=O) groups is 2. The molecule has 0 spiro atoms. The summed E-state index contributed by atoms with van der Waals surface area (Å²) >= 11 is 0. The minimum atomic E-state index is -0.866. The van der Waals surface area contributed by atoms with Crippen molar-refractivity contribution in [2.45, 2.75) is 0 Å². The fraction of sp³-hybridized carbons (Fsp3) is 0. The molecule has 0 saturated carbocycles. The molecule has 0 unspecified atom stereocenters. The van der Waals surface area contributed by atoms with E-state index >= 15 is 0 Å². The Hall–Kier alpha value is -3.11. The Balaban J connectivity index is 2.56. The molecule has 18 heavy (non-hydrogen) atoms. The van der Waals surface area contributed by atoms with E-state index in [1.807, 2.05) is 0 Å². The first-order valence-corrected chi connectivity index (χ1v) is 4.47. The van der Waals surface area contributed by atoms with Gasteiger partial charge in [0.25, 0.3) is 0 Å². The minimum Gasteiger partial charge on any atom is -0.295 e. The van der Waals surface area contributed by atoms with Crippen molar-refractivity contribution in [1.29, 1.82) is 11.1 Å². The van der Waals surface area contributed by atoms with Crippen molar-refractivity contribution in [3.05, 3.63) is 18.5 Å². The lowest BCUT2D eigenvalue weighted by atomic mass is 10.4. The van der Waals surface area contributed by atoms with Crippen LogP contribution in [0.2, 0.25) is 0 Å². The van der Waals surface area contributed by atoms with E-state index < -0.39 is 12.1 Å². The summed E-state index contributed by atoms with van der Waals surface area (Å²) in [5.74, 6) is 0. The molecule has 1 rings (SSSR count). The zero-order valence-corrected chi connectivity index (χ0v) is 8.89. The first kappa shape index (κ1) is 13.0. The normalized spacial score (nSPS) is 8.89. The number of hydrogen-bond acceptors (Lipinski definition) is 7. The number of nitrogens with one attached hydrogen (secondary N) is 6. The smallest absolute Gasteiger partial charge is 0.295 e. The Kier molecular flexibility index (Phi) is 4.66. The summed E-state index contributed by atoms with van der Waals surface area (Å²) in [5, 5.41) is 5.22. The van der Waals surface area contributed by atoms with Gasteiger partial charge < -0.3 is 0 Å². The summed E-state index contributed by atoms with van der Waals surface area (Å²) in [6, 6.07) is -0.231. The quantitative estimate of drug-likeness (QED) is 0.348. The van der Waals surface area contributed by atoms with Gasteiger partial charge in [0.05, 0.1) is 23.8 Å². The standard InChI is InChI=1S/C7H9N9O2/c8-11-6(17)15-13-4-1-5(3-10-2-4)14-16-7(18)12-9/h1-3,8-9,13-14H,(H,15,17)(H,16,18). The van der Waals surface area contributed by atoms with Crippen LogP contribution in [0.1, 0.15) is 0 Å². The molecule has 1 aromatic heterocycles. The monoisotopic (exact) mass is 251 g/mol. The predicted octanol–water partition coefficient (Wildman–Crippen LogP) is 1.22. The Morgan fingerprint density at radius 1 is 1.00 bits per heavy atom. The molecule has 94 valence electrons. The molecule has 0 bridgehead atoms. The predicted molar refractivity (Wildman–Crippen MR) is 58.8 cm³/mol. The molecule has 0 aromatic carbocycles. The third kappa shape index (κ3) is 4.18. The van der Waals surface area contributed by atoms with Gasteiger partial charge in [-0.25, -0.2) is 20.4 Å². The van der Waals surface area contributed by atoms with Crippen LogP contribution in [0.5, 0.6) is 0 Å². The van der Waals surface area contributed by atoms with Crippen LogP contribution >= 0.6 is 0 Å². The molecule has 0 fully saturated rings. The lowest BCUT2D eigenvalue weighted by molar-refractivity contribution is 0.248. The summed E-state index contributed by atoms with van der Waals surface area (Å²) in [4.78, 5) is 25.1. The van der Waals surface area contributed by atoms with Crippen molar-refractivity contribution in [3.63, 3.8) is 0 Å². The van der Waals surface area contributed by atoms with Crippen LogP contribution in [0.15, 0.2) is 28.7 Å². The molecule has 0 aliphatic heterocycles. The number of nitrogens with zero attached hydrogens (tertiary/aromatic N) is 3. The Labute approximate surface area is 100 Å². The van der Waals surface area contributed by atoms with E-state index in [1.54, 1.807) is 0 Å². The van der Waals surface area contributed by atoms with Crippen molar-refractivity contribution in [1.82, 2.24) is 15.8 Å². The Morgan fingerprint density at radius 2 is 1.44 bits per heavy atom. The third-order valence-corrected chi connectivity index (χ3v) is 1.57. The molecule has 11 nitrogen and oxygen atoms in total. The van der Waals surface area contributed by atoms with Crippen LogP contribution in [0.25, 0.3) is 0 Å². The van der Waals surface area contributed by atoms with E-state index in [1.165, 1.54) is 18.5 Å². The molecule has 6 N–H and O–H groups in total. The molecule has 1 heterocycles. The second-order valence-electron chi connectivity index (χ2n) is 2.80. The molecular formula is C7H9N9O2. The lowest BCUT2D eigenvalue weighted by Gasteiger charge is -2.08. The van der Waals surface area contributed by atoms with Gasteiger partial charge in [0.15, 0.2) is 0 Å². The maximum Gasteiger partial charge on any atom is 0.377 e. The number of urea groups is 2. The number of anilines is 2. The number of hydrogen-bond donors (Lipinski definition) is 6. The number of amides is 4. The number of pyridine rings is 1. The molecule has 0 radical (unpaired) electrons. The zero-order chi connectivity index (χ0) is 13.4. The maximum absolute atomic E-state index is 10.7. The van der Waals surface area contributed by atoms with E-state index in [4.69, 9.17) is 11.1 Å². The second kappa shape index (κ2) is 6.47. The van der Waals surface area contributed by atoms with Crippen LogP contribution < -0.4 is 21.7 Å². The number of hydrazine groups is 2. The van der Waals surface area contributed by atoms with Gasteiger partial charge in [0.1, 0.15) is 0 Å². The Bertz CT molecular complexity index is 434. The second-order valence-corrected chi connectivity index (χ2v) is 2.80. The van der Waals surface area contributed by atoms with E-state index in [2.05, 4.69) is 36.9 Å². The van der Waals surface area contributed by atoms with Crippen molar-refractivity contribution in [3.8, 4) is 0 Å². The molecule has 1 aromatic rings. The van der Waals surface area contributed by atoms with E-state index in [0.29, 0.717) is 11.4 Å². The van der Waals surface area contributed by atoms with Gasteiger partial charge in [0.2, 0.25) is 0 Å². The number of carbonyl (C=O) groups excluding carboxylic acids is 2. The fourth-order valence-corrected chi connectivity index (χ4v) is 0.884. The van der Waals surface area contributed by atoms with E-state index in [-0.39, 0.29) is 0 Å². The van der Waals surface area contributed by atoms with Gasteiger partial charge in [-0.15, -0.1) is 0 Å². The summed E-state index contributed by atoms with van der Waals surface area (Å²) in [5.41, 5.74) is 22.7. The van der Waals surface area contributed by atoms with Gasteiger partial charge in [-0.1, -0.05) is 10.2 Å². The van der Waals surface area contributed by atoms with Crippen molar-refractivity contribution in [2.24, 2.45) is 10.2 Å². The number of aromatic nitrogens is 1. The highest BCUT2D eigenvalue weighted by Crippen LogP contribution is 2.10. The Morgan fingerprint density at radius 3 is 1.83 bits per heavy atom. The summed E-state index contributed by atoms with van der Waals surface area (Å²) in [6.07, 6.45) is 2.79. The van der Waals surface area contributed by atoms with Crippen LogP contribution in [-0.2, 0) is 0 Å². The average molecular weight is 251 g/mol. The molecular weight excluding hydrogens is 242 g/mol. The molecule has 0 saturated heterocycles. The molecule has 0 aliphatic rings. The van der Waals surface area contributed by atoms with Crippen LogP contribution in [0.3, 0.4) is 0 Å². The molecule has 0 aliphatic carbocycles. The fourth-order valence-electron chi connectivity index (χ4n) is 0.884. The molecule has 4 amide bonds. The lowest BCUT2D eigenvalue weighted by Crippen LogP contribution is -2.27. The van der Waals surface area contributed by atoms with Gasteiger partial charge in [-0.3, -0.25) is 15.8 Å². The average Bonchev–Trinajstić information content (AvgIpc) is 2.42. The minimum absolute atomic E-state index is 0.397. The first-order chi connectivity index (χ1) is 8.65. The van der Waals surface area contributed by atoms with Crippen molar-refractivity contribution in [2.75, 3.05) is 10.9 Å². The van der Waals surface area contributed by atoms with E-state index in [9.17, 15) is 9.59 Å². The highest BCUT2D eigenvalue weighted by molar-refractivity contribution is 5.76. The van der Waals surface area contributed by atoms with E-state index in [0.717, 1.165) is 0 Å². The SMILES string of the molecule is N=NC(=O)NNc1cncc(NNC(=O)N=N)c1. The van der Waals surface area contributed by atoms with Crippen LogP contribution in [0, 0.1) is 11.1 Å². The first-order valence-electron chi connectivity index (χ1n) is 4.47. The molecule has 11 heteroatoms. The zero-order valence-electron chi connectivity index (χ0n) is 8.89. The van der Waals surface area contributed by atoms with Gasteiger partial charge >= 0.3 is 12.1 Å². The molecule has 0 atom stereocenters. The van der Waals surface area contributed by atoms with Crippen molar-refractivity contribution >= 4 is 23.4 Å². The largest absolute Gasteiger partial charge is 0.377 e. The summed E-state index contributed by atoms with van der Waals surface area (Å²) in [7, 11) is 0. The van der Waals surface area contributed by atoms with Crippen LogP contribution in [0.4, 0.5) is 21.0 Å². The van der Waals surface area contributed by atoms with Gasteiger partial charge in [-0.05, 0) is 6.07 Å². The van der Waals surface area contributed by atoms with Gasteiger partial charge in [-0.2, -0.15) is 11.1 Å². The van der Waals surface area contributed by atoms with Crippen molar-refractivity contribution < 1.29 is 9.59 Å². The third-order valence-electron chi connectivity index (χ3n) is 1.57. The summed E-state index contributed by atoms with van der Waals surface area (Å²) in [6.45, 7) is 0. The highest BCUT2D eigenvalue weighted by atomic mass is 16.2. The topological polar surface area (TPSA) is 168 Å². The van der Waals surface area contributed by atoms with Gasteiger partial charge in [0, 0.05) is 0 Å². The number of rotatable bonds is 4. The highest BCUT2D eigenvalue weighted by Gasteiger charge is 2.00.